The topological polar surface area (TPSA) is 102 Å². The van der Waals surface area contributed by atoms with E-state index in [0.29, 0.717) is 17.8 Å². The highest BCUT2D eigenvalue weighted by Crippen LogP contribution is 2.70. The molecule has 31 heavy (non-hydrogen) atoms. The van der Waals surface area contributed by atoms with E-state index in [0.717, 1.165) is 22.9 Å². The normalized spacial score (nSPS) is 24.9. The number of benzene rings is 2. The maximum absolute atomic E-state index is 14.0. The largest absolute Gasteiger partial charge is 0.325 e. The van der Waals surface area contributed by atoms with Crippen LogP contribution in [0.4, 0.5) is 5.69 Å². The maximum Gasteiger partial charge on any atom is 0.237 e. The number of aromatic nitrogens is 2. The van der Waals surface area contributed by atoms with Crippen molar-refractivity contribution < 1.29 is 4.79 Å². The van der Waals surface area contributed by atoms with Crippen LogP contribution in [0.5, 0.6) is 0 Å². The van der Waals surface area contributed by atoms with E-state index in [-0.39, 0.29) is 17.3 Å². The first kappa shape index (κ1) is 19.2. The average molecular weight is 407 g/mol. The predicted molar refractivity (Wildman–Crippen MR) is 116 cm³/mol. The van der Waals surface area contributed by atoms with Crippen molar-refractivity contribution in [2.24, 2.45) is 5.41 Å². The molecule has 2 unspecified atom stereocenters. The zero-order valence-corrected chi connectivity index (χ0v) is 17.7. The van der Waals surface area contributed by atoms with E-state index in [9.17, 15) is 15.3 Å². The molecule has 6 heteroatoms. The van der Waals surface area contributed by atoms with Gasteiger partial charge in [-0.1, -0.05) is 57.2 Å². The number of nitrogens with zero attached hydrogens (tertiary/aromatic N) is 4. The van der Waals surface area contributed by atoms with Gasteiger partial charge in [0.25, 0.3) is 0 Å². The fourth-order valence-electron chi connectivity index (χ4n) is 5.70. The highest BCUT2D eigenvalue weighted by Gasteiger charge is 2.73. The molecule has 1 aromatic heterocycles. The molecule has 0 aliphatic heterocycles. The second-order valence-corrected chi connectivity index (χ2v) is 9.18. The third-order valence-corrected chi connectivity index (χ3v) is 7.91. The van der Waals surface area contributed by atoms with Gasteiger partial charge in [-0.2, -0.15) is 10.5 Å². The van der Waals surface area contributed by atoms with Crippen molar-refractivity contribution in [3.05, 3.63) is 65.2 Å². The molecule has 1 heterocycles. The summed E-state index contributed by atoms with van der Waals surface area (Å²) in [5.74, 6) is -0.140. The van der Waals surface area contributed by atoms with Gasteiger partial charge in [-0.05, 0) is 29.7 Å². The van der Waals surface area contributed by atoms with Crippen LogP contribution in [0, 0.1) is 28.1 Å². The molecule has 2 atom stereocenters. The van der Waals surface area contributed by atoms with Gasteiger partial charge in [-0.15, -0.1) is 0 Å². The van der Waals surface area contributed by atoms with Gasteiger partial charge < -0.3 is 5.32 Å². The molecule has 1 N–H and O–H groups in total. The molecule has 5 rings (SSSR count). The Balaban J connectivity index is 1.70. The van der Waals surface area contributed by atoms with Crippen molar-refractivity contribution in [3.63, 3.8) is 0 Å². The lowest BCUT2D eigenvalue weighted by Crippen LogP contribution is -2.48. The second-order valence-electron chi connectivity index (χ2n) is 9.18. The second kappa shape index (κ2) is 6.12. The van der Waals surface area contributed by atoms with Gasteiger partial charge in [0, 0.05) is 16.5 Å². The Morgan fingerprint density at radius 2 is 1.58 bits per heavy atom. The van der Waals surface area contributed by atoms with E-state index in [1.807, 2.05) is 54.6 Å². The fraction of sp³-hybridized carbons (Fsp3) is 0.320. The van der Waals surface area contributed by atoms with E-state index in [1.54, 1.807) is 0 Å². The van der Waals surface area contributed by atoms with Crippen molar-refractivity contribution >= 4 is 22.4 Å². The molecule has 3 aromatic rings. The molecule has 2 bridgehead atoms. The number of amides is 1. The summed E-state index contributed by atoms with van der Waals surface area (Å²) in [6.07, 6.45) is 1.38. The summed E-state index contributed by atoms with van der Waals surface area (Å²) in [6.45, 7) is 6.24. The molecule has 1 saturated carbocycles. The van der Waals surface area contributed by atoms with Crippen molar-refractivity contribution in [3.8, 4) is 12.1 Å². The van der Waals surface area contributed by atoms with Gasteiger partial charge in [0.1, 0.15) is 12.1 Å². The Kier molecular flexibility index (Phi) is 3.79. The number of hydrogen-bond donors (Lipinski definition) is 1. The molecule has 0 radical (unpaired) electrons. The zero-order valence-electron chi connectivity index (χ0n) is 17.7. The summed E-state index contributed by atoms with van der Waals surface area (Å²) in [6, 6.07) is 17.7. The van der Waals surface area contributed by atoms with Crippen LogP contribution >= 0.6 is 0 Å². The van der Waals surface area contributed by atoms with Crippen molar-refractivity contribution in [2.45, 2.75) is 44.4 Å². The number of fused-ring (bicyclic) bond motifs is 6. The molecular weight excluding hydrogens is 386 g/mol. The quantitative estimate of drug-likeness (QED) is 0.681. The Morgan fingerprint density at radius 1 is 0.935 bits per heavy atom. The zero-order chi connectivity index (χ0) is 22.0. The van der Waals surface area contributed by atoms with Gasteiger partial charge in [0.15, 0.2) is 11.4 Å². The molecule has 152 valence electrons. The minimum Gasteiger partial charge on any atom is -0.325 e. The van der Waals surface area contributed by atoms with E-state index in [1.165, 1.54) is 0 Å². The third kappa shape index (κ3) is 2.17. The molecule has 2 aliphatic carbocycles. The van der Waals surface area contributed by atoms with Crippen molar-refractivity contribution in [2.75, 3.05) is 5.32 Å². The van der Waals surface area contributed by atoms with Crippen LogP contribution in [0.15, 0.2) is 42.5 Å². The number of anilines is 1. The molecular formula is C25H21N5O. The summed E-state index contributed by atoms with van der Waals surface area (Å²) in [5.41, 5.74) is 0.133. The first-order valence-electron chi connectivity index (χ1n) is 10.3. The molecule has 1 amide bonds. The van der Waals surface area contributed by atoms with Crippen LogP contribution in [0.3, 0.4) is 0 Å². The Bertz CT molecular complexity index is 1360. The number of nitriles is 2. The van der Waals surface area contributed by atoms with Gasteiger partial charge in [0.05, 0.1) is 16.8 Å². The van der Waals surface area contributed by atoms with Gasteiger partial charge in [0.2, 0.25) is 5.91 Å². The minimum atomic E-state index is -0.930. The monoisotopic (exact) mass is 407 g/mol. The first-order valence-corrected chi connectivity index (χ1v) is 10.3. The highest BCUT2D eigenvalue weighted by molar-refractivity contribution is 6.07. The molecule has 1 fully saturated rings. The van der Waals surface area contributed by atoms with E-state index in [4.69, 9.17) is 0 Å². The Hall–Kier alpha value is -3.77. The first-order chi connectivity index (χ1) is 14.8. The van der Waals surface area contributed by atoms with Gasteiger partial charge in [-0.3, -0.25) is 4.79 Å². The van der Waals surface area contributed by atoms with Crippen molar-refractivity contribution in [1.29, 1.82) is 10.5 Å². The van der Waals surface area contributed by atoms with Crippen LogP contribution in [0.1, 0.15) is 56.4 Å². The number of rotatable bonds is 2. The van der Waals surface area contributed by atoms with Gasteiger partial charge >= 0.3 is 0 Å². The number of nitrogens with one attached hydrogen (secondary N) is 1. The summed E-state index contributed by atoms with van der Waals surface area (Å²) in [7, 11) is 0. The molecule has 2 aromatic carbocycles. The summed E-state index contributed by atoms with van der Waals surface area (Å²) < 4.78 is 0. The lowest BCUT2D eigenvalue weighted by atomic mass is 9.63. The van der Waals surface area contributed by atoms with Crippen LogP contribution in [0.25, 0.3) is 10.8 Å². The smallest absolute Gasteiger partial charge is 0.237 e. The summed E-state index contributed by atoms with van der Waals surface area (Å²) in [4.78, 5) is 23.1. The number of carbonyl (C=O) groups is 1. The third-order valence-electron chi connectivity index (χ3n) is 7.91. The average Bonchev–Trinajstić information content (AvgIpc) is 3.08. The SMILES string of the molecule is CC12CCC(C(=O)Nc3cccc4ccccc34)(c3nc(C#N)c(C#N)nc31)C2(C)C. The lowest BCUT2D eigenvalue weighted by molar-refractivity contribution is -0.125. The minimum absolute atomic E-state index is 0.0227. The molecule has 2 aliphatic rings. The van der Waals surface area contributed by atoms with Crippen molar-refractivity contribution in [1.82, 2.24) is 9.97 Å². The van der Waals surface area contributed by atoms with Gasteiger partial charge in [-0.25, -0.2) is 9.97 Å². The molecule has 0 spiro atoms. The van der Waals surface area contributed by atoms with E-state index in [2.05, 4.69) is 36.1 Å². The summed E-state index contributed by atoms with van der Waals surface area (Å²) >= 11 is 0. The van der Waals surface area contributed by atoms with Crippen LogP contribution in [-0.2, 0) is 15.6 Å². The summed E-state index contributed by atoms with van der Waals surface area (Å²) in [5, 5.41) is 24.2. The fourth-order valence-corrected chi connectivity index (χ4v) is 5.70. The maximum atomic E-state index is 14.0. The standard InChI is InChI=1S/C25H21N5O/c1-23(2)24(3)11-12-25(23,21-20(24)28-18(13-26)19(14-27)29-21)22(31)30-17-10-6-8-15-7-4-5-9-16(15)17/h4-10H,11-12H2,1-3H3,(H,30,31). The Morgan fingerprint density at radius 3 is 2.29 bits per heavy atom. The lowest BCUT2D eigenvalue weighted by Gasteiger charge is -2.39. The number of carbonyl (C=O) groups excluding carboxylic acids is 1. The molecule has 6 nitrogen and oxygen atoms in total. The van der Waals surface area contributed by atoms with E-state index >= 15 is 0 Å². The predicted octanol–water partition coefficient (Wildman–Crippen LogP) is 4.34. The number of hydrogen-bond acceptors (Lipinski definition) is 5. The Labute approximate surface area is 180 Å². The van der Waals surface area contributed by atoms with Crippen LogP contribution in [0.2, 0.25) is 0 Å². The van der Waals surface area contributed by atoms with Crippen LogP contribution in [-0.4, -0.2) is 15.9 Å². The molecule has 0 saturated heterocycles. The van der Waals surface area contributed by atoms with E-state index < -0.39 is 16.2 Å². The van der Waals surface area contributed by atoms with Crippen LogP contribution < -0.4 is 5.32 Å². The highest BCUT2D eigenvalue weighted by atomic mass is 16.2.